The summed E-state index contributed by atoms with van der Waals surface area (Å²) in [6.07, 6.45) is 5.30. The van der Waals surface area contributed by atoms with Gasteiger partial charge >= 0.3 is 5.97 Å². The van der Waals surface area contributed by atoms with Crippen molar-refractivity contribution in [3.63, 3.8) is 0 Å². The van der Waals surface area contributed by atoms with Crippen molar-refractivity contribution in [1.82, 2.24) is 0 Å². The second kappa shape index (κ2) is 10.2. The Labute approximate surface area is 205 Å². The zero-order valence-electron chi connectivity index (χ0n) is 12.5. The third-order valence-electron chi connectivity index (χ3n) is 2.90. The van der Waals surface area contributed by atoms with Crippen LogP contribution < -0.4 is 4.74 Å². The Morgan fingerprint density at radius 1 is 1.08 bits per heavy atom. The van der Waals surface area contributed by atoms with Crippen LogP contribution in [0, 0.1) is 26.6 Å². The lowest BCUT2D eigenvalue weighted by Gasteiger charge is -2.13. The molecule has 8 heteroatoms. The van der Waals surface area contributed by atoms with Gasteiger partial charge in [-0.1, -0.05) is 17.7 Å². The Bertz CT molecular complexity index is 815. The number of benzene rings is 2. The predicted molar refractivity (Wildman–Crippen MR) is 134 cm³/mol. The van der Waals surface area contributed by atoms with Crippen LogP contribution in [0.1, 0.15) is 5.56 Å². The number of ether oxygens (including phenoxy) is 1. The van der Waals surface area contributed by atoms with E-state index in [-0.39, 0.29) is 13.0 Å². The molecule has 0 bridgehead atoms. The molecule has 25 heavy (non-hydrogen) atoms. The largest absolute Gasteiger partial charge is 0.481 e. The average molecular weight is 802 g/mol. The van der Waals surface area contributed by atoms with Crippen LogP contribution >= 0.6 is 102 Å². The molecular weight excluding hydrogens is 792 g/mol. The van der Waals surface area contributed by atoms with Gasteiger partial charge in [-0.2, -0.15) is 0 Å². The number of aliphatic carboxylic acids is 1. The van der Waals surface area contributed by atoms with Crippen LogP contribution in [0.5, 0.6) is 5.75 Å². The molecule has 0 radical (unpaired) electrons. The molecule has 0 aliphatic rings. The van der Waals surface area contributed by atoms with Crippen molar-refractivity contribution in [1.29, 1.82) is 0 Å². The van der Waals surface area contributed by atoms with E-state index in [4.69, 9.17) is 16.3 Å². The molecule has 0 aliphatic carbocycles. The van der Waals surface area contributed by atoms with Crippen molar-refractivity contribution in [2.24, 2.45) is 0 Å². The van der Waals surface area contributed by atoms with Gasteiger partial charge in [0.05, 0.1) is 13.6 Å². The number of halogens is 4. The van der Waals surface area contributed by atoms with Gasteiger partial charge in [-0.3, -0.25) is 4.79 Å². The Balaban J connectivity index is 2.31. The Hall–Kier alpha value is 0.540. The van der Waals surface area contributed by atoms with Gasteiger partial charge < -0.3 is 9.84 Å². The summed E-state index contributed by atoms with van der Waals surface area (Å²) in [5.74, 6) is 2.47. The maximum Gasteiger partial charge on any atom is 0.307 e. The number of hydrogen-bond donors (Lipinski definition) is 1. The van der Waals surface area contributed by atoms with E-state index in [0.717, 1.165) is 35.4 Å². The van der Waals surface area contributed by atoms with E-state index >= 15 is 0 Å². The summed E-state index contributed by atoms with van der Waals surface area (Å²) in [6.45, 7) is 0.249. The zero-order chi connectivity index (χ0) is 18.6. The predicted octanol–water partition coefficient (Wildman–Crippen LogP) is 5.90. The molecule has 3 nitrogen and oxygen atoms in total. The van der Waals surface area contributed by atoms with Crippen LogP contribution in [0.4, 0.5) is 0 Å². The van der Waals surface area contributed by atoms with Crippen LogP contribution in [-0.2, 0) is 11.2 Å². The first-order chi connectivity index (χ1) is 11.8. The first kappa shape index (κ1) is 21.8. The molecule has 2 rings (SSSR count). The fraction of sp³-hybridized carbons (Fsp3) is 0.118. The maximum absolute atomic E-state index is 10.9. The van der Waals surface area contributed by atoms with Crippen LogP contribution in [0.2, 0.25) is 0 Å². The second-order valence-corrected chi connectivity index (χ2v) is 10.5. The first-order valence-electron chi connectivity index (χ1n) is 6.74. The molecule has 2 aromatic rings. The summed E-state index contributed by atoms with van der Waals surface area (Å²) in [6, 6.07) is 7.99. The molecule has 0 aliphatic heterocycles. The zero-order valence-corrected chi connectivity index (χ0v) is 21.9. The number of terminal acetylenes is 1. The van der Waals surface area contributed by atoms with Crippen LogP contribution in [0.15, 0.2) is 34.1 Å². The minimum atomic E-state index is -0.821. The van der Waals surface area contributed by atoms with Crippen molar-refractivity contribution in [3.8, 4) is 18.1 Å². The van der Waals surface area contributed by atoms with Gasteiger partial charge in [0.2, 0.25) is 0 Å². The molecule has 0 spiro atoms. The van der Waals surface area contributed by atoms with E-state index in [1.54, 1.807) is 11.8 Å². The molecule has 0 fully saturated rings. The molecule has 2 aromatic carbocycles. The standard InChI is InChI=1S/C17H10I4O3S/c1-2-3-24-16-11(18)7-10(8-12(16)19)25-17-13(20)4-9(5-14(17)21)6-15(22)23/h1,4-5,7-8H,3,6H2,(H,22,23). The van der Waals surface area contributed by atoms with E-state index in [0.29, 0.717) is 0 Å². The molecule has 1 N–H and O–H groups in total. The van der Waals surface area contributed by atoms with E-state index in [9.17, 15) is 4.79 Å². The highest BCUT2D eigenvalue weighted by molar-refractivity contribution is 14.1. The molecule has 130 valence electrons. The van der Waals surface area contributed by atoms with Gasteiger partial charge in [0.25, 0.3) is 0 Å². The summed E-state index contributed by atoms with van der Waals surface area (Å²) in [7, 11) is 0. The highest BCUT2D eigenvalue weighted by Gasteiger charge is 2.14. The Morgan fingerprint density at radius 2 is 1.64 bits per heavy atom. The molecule has 0 aromatic heterocycles. The summed E-state index contributed by atoms with van der Waals surface area (Å²) in [5.41, 5.74) is 0.813. The number of rotatable bonds is 6. The normalized spacial score (nSPS) is 10.4. The number of hydrogen-bond acceptors (Lipinski definition) is 3. The van der Waals surface area contributed by atoms with Gasteiger partial charge in [0.1, 0.15) is 12.4 Å². The number of carbonyl (C=O) groups is 1. The lowest BCUT2D eigenvalue weighted by atomic mass is 10.2. The van der Waals surface area contributed by atoms with Gasteiger partial charge in [0, 0.05) is 16.9 Å². The fourth-order valence-corrected chi connectivity index (χ4v) is 7.91. The summed E-state index contributed by atoms with van der Waals surface area (Å²) >= 11 is 10.7. The van der Waals surface area contributed by atoms with Crippen molar-refractivity contribution >= 4 is 108 Å². The quantitative estimate of drug-likeness (QED) is 0.293. The number of carboxylic acid groups (broad SMARTS) is 1. The highest BCUT2D eigenvalue weighted by atomic mass is 127. The van der Waals surface area contributed by atoms with E-state index in [1.807, 2.05) is 12.1 Å². The summed E-state index contributed by atoms with van der Waals surface area (Å²) in [5, 5.41) is 8.97. The van der Waals surface area contributed by atoms with Crippen molar-refractivity contribution < 1.29 is 14.6 Å². The lowest BCUT2D eigenvalue weighted by Crippen LogP contribution is -2.01. The minimum Gasteiger partial charge on any atom is -0.481 e. The summed E-state index contributed by atoms with van der Waals surface area (Å²) < 4.78 is 9.71. The van der Waals surface area contributed by atoms with Crippen molar-refractivity contribution in [3.05, 3.63) is 44.1 Å². The van der Waals surface area contributed by atoms with Crippen LogP contribution in [0.3, 0.4) is 0 Å². The monoisotopic (exact) mass is 802 g/mol. The van der Waals surface area contributed by atoms with E-state index < -0.39 is 5.97 Å². The van der Waals surface area contributed by atoms with Crippen molar-refractivity contribution in [2.75, 3.05) is 6.61 Å². The molecular formula is C17H10I4O3S. The van der Waals surface area contributed by atoms with E-state index in [2.05, 4.69) is 108 Å². The first-order valence-corrected chi connectivity index (χ1v) is 11.9. The van der Waals surface area contributed by atoms with Gasteiger partial charge in [-0.05, 0) is 120 Å². The topological polar surface area (TPSA) is 46.5 Å². The Morgan fingerprint density at radius 3 is 2.12 bits per heavy atom. The minimum absolute atomic E-state index is 0.0357. The average Bonchev–Trinajstić information content (AvgIpc) is 2.49. The lowest BCUT2D eigenvalue weighted by molar-refractivity contribution is -0.136. The fourth-order valence-electron chi connectivity index (χ4n) is 1.95. The maximum atomic E-state index is 10.9. The van der Waals surface area contributed by atoms with Crippen molar-refractivity contribution in [2.45, 2.75) is 16.2 Å². The molecule has 0 heterocycles. The molecule has 0 amide bonds. The third kappa shape index (κ3) is 6.28. The number of carboxylic acids is 1. The van der Waals surface area contributed by atoms with E-state index in [1.165, 1.54) is 0 Å². The SMILES string of the molecule is C#CCOc1c(I)cc(Sc2c(I)cc(CC(=O)O)cc2I)cc1I. The smallest absolute Gasteiger partial charge is 0.307 e. The Kier molecular flexibility index (Phi) is 8.90. The molecule has 0 saturated heterocycles. The summed E-state index contributed by atoms with van der Waals surface area (Å²) in [4.78, 5) is 13.1. The highest BCUT2D eigenvalue weighted by Crippen LogP contribution is 2.39. The molecule has 0 saturated carbocycles. The van der Waals surface area contributed by atoms with Gasteiger partial charge in [-0.15, -0.1) is 6.42 Å². The van der Waals surface area contributed by atoms with Crippen LogP contribution in [0.25, 0.3) is 0 Å². The third-order valence-corrected chi connectivity index (χ3v) is 8.06. The van der Waals surface area contributed by atoms with Gasteiger partial charge in [-0.25, -0.2) is 0 Å². The molecule has 0 unspecified atom stereocenters. The second-order valence-electron chi connectivity index (χ2n) is 4.77. The molecule has 0 atom stereocenters. The van der Waals surface area contributed by atoms with Gasteiger partial charge in [0.15, 0.2) is 0 Å². The van der Waals surface area contributed by atoms with Crippen LogP contribution in [-0.4, -0.2) is 17.7 Å².